The molecule has 4 heteroatoms. The van der Waals surface area contributed by atoms with Gasteiger partial charge in [-0.1, -0.05) is 32.1 Å². The third-order valence-electron chi connectivity index (χ3n) is 3.00. The highest BCUT2D eigenvalue weighted by molar-refractivity contribution is 5.90. The van der Waals surface area contributed by atoms with E-state index in [1.807, 2.05) is 14.0 Å². The molecule has 0 saturated carbocycles. The molecule has 0 aromatic carbocycles. The summed E-state index contributed by atoms with van der Waals surface area (Å²) in [6, 6.07) is 0. The number of amides is 1. The fourth-order valence-corrected chi connectivity index (χ4v) is 1.81. The number of hydrogen-bond donors (Lipinski definition) is 1. The van der Waals surface area contributed by atoms with E-state index in [4.69, 9.17) is 0 Å². The minimum absolute atomic E-state index is 0.0953. The van der Waals surface area contributed by atoms with Gasteiger partial charge < -0.3 is 5.32 Å². The van der Waals surface area contributed by atoms with E-state index in [2.05, 4.69) is 29.2 Å². The van der Waals surface area contributed by atoms with Gasteiger partial charge in [0.05, 0.1) is 11.4 Å². The van der Waals surface area contributed by atoms with Gasteiger partial charge in [-0.05, 0) is 19.3 Å². The number of carbonyl (C=O) groups is 1. The number of unbranched alkanes of at least 4 members (excludes halogenated alkanes) is 4. The van der Waals surface area contributed by atoms with Crippen LogP contribution >= 0.6 is 0 Å². The second-order valence-corrected chi connectivity index (χ2v) is 4.73. The van der Waals surface area contributed by atoms with Crippen molar-refractivity contribution in [1.29, 1.82) is 0 Å². The maximum Gasteiger partial charge on any atom is 0.221 e. The van der Waals surface area contributed by atoms with Crippen LogP contribution in [-0.4, -0.2) is 15.7 Å². The maximum absolute atomic E-state index is 11.2. The molecule has 1 amide bonds. The van der Waals surface area contributed by atoms with E-state index in [0.29, 0.717) is 5.69 Å². The van der Waals surface area contributed by atoms with Crippen LogP contribution in [0.3, 0.4) is 0 Å². The summed E-state index contributed by atoms with van der Waals surface area (Å²) in [4.78, 5) is 11.2. The van der Waals surface area contributed by atoms with Crippen LogP contribution in [0.15, 0.2) is 0 Å². The number of hydrogen-bond acceptors (Lipinski definition) is 2. The Morgan fingerprint density at radius 2 is 2.11 bits per heavy atom. The van der Waals surface area contributed by atoms with Crippen molar-refractivity contribution in [1.82, 2.24) is 9.78 Å². The van der Waals surface area contributed by atoms with Gasteiger partial charge >= 0.3 is 0 Å². The molecule has 0 saturated heterocycles. The van der Waals surface area contributed by atoms with E-state index in [0.717, 1.165) is 24.2 Å². The monoisotopic (exact) mass is 261 g/mol. The van der Waals surface area contributed by atoms with Gasteiger partial charge in [-0.3, -0.25) is 9.48 Å². The highest BCUT2D eigenvalue weighted by Crippen LogP contribution is 2.18. The molecule has 0 aliphatic rings. The lowest BCUT2D eigenvalue weighted by atomic mass is 10.1. The molecule has 0 spiro atoms. The number of anilines is 1. The fourth-order valence-electron chi connectivity index (χ4n) is 1.81. The molecule has 0 fully saturated rings. The Hall–Kier alpha value is -1.76. The Morgan fingerprint density at radius 3 is 2.74 bits per heavy atom. The molecule has 0 radical (unpaired) electrons. The average Bonchev–Trinajstić information content (AvgIpc) is 2.61. The lowest BCUT2D eigenvalue weighted by molar-refractivity contribution is -0.114. The van der Waals surface area contributed by atoms with Crippen molar-refractivity contribution in [2.45, 2.75) is 52.9 Å². The summed E-state index contributed by atoms with van der Waals surface area (Å²) in [5.74, 6) is 6.10. The summed E-state index contributed by atoms with van der Waals surface area (Å²) in [5, 5.41) is 7.12. The Bertz CT molecular complexity index is 491. The van der Waals surface area contributed by atoms with Crippen LogP contribution < -0.4 is 5.32 Å². The number of carbonyl (C=O) groups excluding carboxylic acids is 1. The van der Waals surface area contributed by atoms with Gasteiger partial charge in [0.15, 0.2) is 5.69 Å². The molecule has 1 aromatic rings. The van der Waals surface area contributed by atoms with Crippen molar-refractivity contribution in [3.63, 3.8) is 0 Å². The standard InChI is InChI=1S/C15H23N3O/c1-5-6-7-8-9-10-11-14-15(16-13(3)19)12(2)18(4)17-14/h5-9H2,1-4H3,(H,16,19). The summed E-state index contributed by atoms with van der Waals surface area (Å²) >= 11 is 0. The molecule has 0 aliphatic heterocycles. The molecule has 4 nitrogen and oxygen atoms in total. The van der Waals surface area contributed by atoms with E-state index < -0.39 is 0 Å². The summed E-state index contributed by atoms with van der Waals surface area (Å²) in [7, 11) is 1.85. The lowest BCUT2D eigenvalue weighted by Gasteiger charge is -2.00. The Labute approximate surface area is 115 Å². The summed E-state index contributed by atoms with van der Waals surface area (Å²) in [6.45, 7) is 5.61. The zero-order chi connectivity index (χ0) is 14.3. The lowest BCUT2D eigenvalue weighted by Crippen LogP contribution is -2.07. The minimum Gasteiger partial charge on any atom is -0.322 e. The van der Waals surface area contributed by atoms with Gasteiger partial charge in [-0.2, -0.15) is 5.10 Å². The molecule has 104 valence electrons. The van der Waals surface area contributed by atoms with E-state index in [1.165, 1.54) is 26.2 Å². The first-order chi connectivity index (χ1) is 9.06. The van der Waals surface area contributed by atoms with E-state index in [1.54, 1.807) is 4.68 Å². The SMILES string of the molecule is CCCCCCC#Cc1nn(C)c(C)c1NC(C)=O. The van der Waals surface area contributed by atoms with Crippen LogP contribution in [0.1, 0.15) is 57.3 Å². The first-order valence-electron chi connectivity index (χ1n) is 6.86. The van der Waals surface area contributed by atoms with Crippen molar-refractivity contribution in [2.24, 2.45) is 7.05 Å². The molecule has 0 unspecified atom stereocenters. The third-order valence-corrected chi connectivity index (χ3v) is 3.00. The second kappa shape index (κ2) is 7.63. The Kier molecular flexibility index (Phi) is 6.14. The average molecular weight is 261 g/mol. The predicted molar refractivity (Wildman–Crippen MR) is 77.9 cm³/mol. The topological polar surface area (TPSA) is 46.9 Å². The number of nitrogens with one attached hydrogen (secondary N) is 1. The van der Waals surface area contributed by atoms with Crippen LogP contribution in [-0.2, 0) is 11.8 Å². The van der Waals surface area contributed by atoms with Crippen molar-refractivity contribution in [3.05, 3.63) is 11.4 Å². The largest absolute Gasteiger partial charge is 0.322 e. The molecule has 0 atom stereocenters. The zero-order valence-corrected chi connectivity index (χ0v) is 12.3. The number of nitrogens with zero attached hydrogens (tertiary/aromatic N) is 2. The predicted octanol–water partition coefficient (Wildman–Crippen LogP) is 3.01. The second-order valence-electron chi connectivity index (χ2n) is 4.73. The van der Waals surface area contributed by atoms with Gasteiger partial charge in [0.2, 0.25) is 5.91 Å². The summed E-state index contributed by atoms with van der Waals surface area (Å²) < 4.78 is 1.74. The van der Waals surface area contributed by atoms with E-state index in [9.17, 15) is 4.79 Å². The van der Waals surface area contributed by atoms with Gasteiger partial charge in [-0.25, -0.2) is 0 Å². The van der Waals surface area contributed by atoms with Gasteiger partial charge in [0, 0.05) is 20.4 Å². The van der Waals surface area contributed by atoms with Crippen LogP contribution in [0, 0.1) is 18.8 Å². The molecule has 1 aromatic heterocycles. The summed E-state index contributed by atoms with van der Waals surface area (Å²) in [6.07, 6.45) is 5.74. The van der Waals surface area contributed by atoms with Crippen LogP contribution in [0.5, 0.6) is 0 Å². The zero-order valence-electron chi connectivity index (χ0n) is 12.3. The molecule has 19 heavy (non-hydrogen) atoms. The van der Waals surface area contributed by atoms with Crippen LogP contribution in [0.25, 0.3) is 0 Å². The third kappa shape index (κ3) is 4.78. The molecule has 0 bridgehead atoms. The normalized spacial score (nSPS) is 9.89. The molecular weight excluding hydrogens is 238 g/mol. The number of aryl methyl sites for hydroxylation is 1. The Morgan fingerprint density at radius 1 is 1.37 bits per heavy atom. The first-order valence-corrected chi connectivity index (χ1v) is 6.86. The molecule has 1 N–H and O–H groups in total. The van der Waals surface area contributed by atoms with Gasteiger partial charge in [0.1, 0.15) is 0 Å². The summed E-state index contributed by atoms with van der Waals surface area (Å²) in [5.41, 5.74) is 2.31. The highest BCUT2D eigenvalue weighted by Gasteiger charge is 2.11. The van der Waals surface area contributed by atoms with Crippen molar-refractivity contribution in [2.75, 3.05) is 5.32 Å². The molecule has 0 aliphatic carbocycles. The fraction of sp³-hybridized carbons (Fsp3) is 0.600. The maximum atomic E-state index is 11.2. The first kappa shape index (κ1) is 15.3. The quantitative estimate of drug-likeness (QED) is 0.654. The van der Waals surface area contributed by atoms with Crippen molar-refractivity contribution < 1.29 is 4.79 Å². The van der Waals surface area contributed by atoms with Crippen molar-refractivity contribution >= 4 is 11.6 Å². The van der Waals surface area contributed by atoms with E-state index in [-0.39, 0.29) is 5.91 Å². The molecular formula is C15H23N3O. The van der Waals surface area contributed by atoms with Crippen LogP contribution in [0.2, 0.25) is 0 Å². The smallest absolute Gasteiger partial charge is 0.221 e. The minimum atomic E-state index is -0.0953. The highest BCUT2D eigenvalue weighted by atomic mass is 16.1. The Balaban J connectivity index is 2.69. The molecule has 1 heterocycles. The van der Waals surface area contributed by atoms with Crippen LogP contribution in [0.4, 0.5) is 5.69 Å². The van der Waals surface area contributed by atoms with E-state index >= 15 is 0 Å². The van der Waals surface area contributed by atoms with Crippen molar-refractivity contribution in [3.8, 4) is 11.8 Å². The number of rotatable bonds is 5. The van der Waals surface area contributed by atoms with Gasteiger partial charge in [-0.15, -0.1) is 0 Å². The van der Waals surface area contributed by atoms with Gasteiger partial charge in [0.25, 0.3) is 0 Å². The molecule has 1 rings (SSSR count). The number of aromatic nitrogens is 2.